The number of hydrogen-bond donors (Lipinski definition) is 2. The van der Waals surface area contributed by atoms with Gasteiger partial charge in [-0.05, 0) is 36.4 Å². The van der Waals surface area contributed by atoms with E-state index < -0.39 is 0 Å². The summed E-state index contributed by atoms with van der Waals surface area (Å²) in [6.07, 6.45) is 0. The van der Waals surface area contributed by atoms with Gasteiger partial charge in [0, 0.05) is 5.56 Å². The van der Waals surface area contributed by atoms with E-state index in [1.807, 2.05) is 6.07 Å². The van der Waals surface area contributed by atoms with Crippen molar-refractivity contribution in [3.05, 3.63) is 60.2 Å². The molecule has 0 spiro atoms. The molecule has 2 N–H and O–H groups in total. The van der Waals surface area contributed by atoms with E-state index in [0.29, 0.717) is 11.3 Å². The van der Waals surface area contributed by atoms with Gasteiger partial charge in [0.1, 0.15) is 5.75 Å². The lowest BCUT2D eigenvalue weighted by atomic mass is 10.2. The second-order valence-corrected chi connectivity index (χ2v) is 3.39. The molecule has 17 heavy (non-hydrogen) atoms. The molecule has 2 rings (SSSR count). The topological polar surface area (TPSA) is 58.6 Å². The first-order valence-corrected chi connectivity index (χ1v) is 5.07. The molecule has 1 amide bonds. The highest BCUT2D eigenvalue weighted by Crippen LogP contribution is 2.15. The molecule has 0 heterocycles. The van der Waals surface area contributed by atoms with Crippen LogP contribution in [-0.4, -0.2) is 11.0 Å². The fourth-order valence-electron chi connectivity index (χ4n) is 1.27. The predicted octanol–water partition coefficient (Wildman–Crippen LogP) is 2.12. The summed E-state index contributed by atoms with van der Waals surface area (Å²) in [6, 6.07) is 14.8. The smallest absolute Gasteiger partial charge is 0.283 e. The van der Waals surface area contributed by atoms with Crippen LogP contribution in [-0.2, 0) is 0 Å². The molecule has 4 nitrogen and oxygen atoms in total. The van der Waals surface area contributed by atoms with Crippen molar-refractivity contribution >= 4 is 5.91 Å². The molecule has 0 aliphatic carbocycles. The van der Waals surface area contributed by atoms with E-state index in [1.165, 1.54) is 12.1 Å². The monoisotopic (exact) mass is 229 g/mol. The number of phenols is 1. The lowest BCUT2D eigenvalue weighted by Gasteiger charge is -2.06. The van der Waals surface area contributed by atoms with Crippen LogP contribution in [0, 0.1) is 0 Å². The molecule has 0 radical (unpaired) electrons. The average Bonchev–Trinajstić information content (AvgIpc) is 2.39. The van der Waals surface area contributed by atoms with Crippen LogP contribution in [0.3, 0.4) is 0 Å². The second kappa shape index (κ2) is 5.03. The van der Waals surface area contributed by atoms with Crippen molar-refractivity contribution in [2.24, 2.45) is 0 Å². The van der Waals surface area contributed by atoms with Gasteiger partial charge < -0.3 is 9.94 Å². The highest BCUT2D eigenvalue weighted by Gasteiger charge is 2.04. The van der Waals surface area contributed by atoms with Gasteiger partial charge in [0.2, 0.25) is 0 Å². The zero-order chi connectivity index (χ0) is 12.1. The number of benzene rings is 2. The molecule has 0 saturated heterocycles. The van der Waals surface area contributed by atoms with E-state index in [9.17, 15) is 4.79 Å². The van der Waals surface area contributed by atoms with E-state index in [2.05, 4.69) is 5.48 Å². The van der Waals surface area contributed by atoms with Gasteiger partial charge in [-0.3, -0.25) is 4.79 Å². The van der Waals surface area contributed by atoms with E-state index >= 15 is 0 Å². The van der Waals surface area contributed by atoms with Gasteiger partial charge in [-0.2, -0.15) is 5.48 Å². The number of phenolic OH excluding ortho intramolecular Hbond substituents is 1. The van der Waals surface area contributed by atoms with Crippen molar-refractivity contribution in [2.75, 3.05) is 0 Å². The maximum atomic E-state index is 11.6. The van der Waals surface area contributed by atoms with Gasteiger partial charge in [0.05, 0.1) is 0 Å². The summed E-state index contributed by atoms with van der Waals surface area (Å²) in [4.78, 5) is 16.7. The average molecular weight is 229 g/mol. The Kier molecular flexibility index (Phi) is 3.25. The summed E-state index contributed by atoms with van der Waals surface area (Å²) in [5.41, 5.74) is 2.83. The Hall–Kier alpha value is -2.49. The van der Waals surface area contributed by atoms with Crippen LogP contribution < -0.4 is 10.3 Å². The molecular weight excluding hydrogens is 218 g/mol. The van der Waals surface area contributed by atoms with Crippen molar-refractivity contribution in [1.82, 2.24) is 5.48 Å². The molecule has 2 aromatic rings. The third-order valence-corrected chi connectivity index (χ3v) is 2.13. The minimum Gasteiger partial charge on any atom is -0.508 e. The Balaban J connectivity index is 1.95. The Morgan fingerprint density at radius 1 is 1.00 bits per heavy atom. The predicted molar refractivity (Wildman–Crippen MR) is 62.6 cm³/mol. The van der Waals surface area contributed by atoms with Crippen molar-refractivity contribution in [2.45, 2.75) is 0 Å². The van der Waals surface area contributed by atoms with Gasteiger partial charge >= 0.3 is 0 Å². The molecule has 0 saturated carbocycles. The van der Waals surface area contributed by atoms with Crippen molar-refractivity contribution in [1.29, 1.82) is 0 Å². The molecule has 0 aliphatic heterocycles. The van der Waals surface area contributed by atoms with E-state index in [1.54, 1.807) is 36.4 Å². The van der Waals surface area contributed by atoms with E-state index in [-0.39, 0.29) is 11.7 Å². The van der Waals surface area contributed by atoms with Crippen molar-refractivity contribution in [3.8, 4) is 11.5 Å². The molecule has 0 bridgehead atoms. The Labute approximate surface area is 98.4 Å². The standard InChI is InChI=1S/C13H11NO3/c15-11-6-8-12(9-7-11)17-14-13(16)10-4-2-1-3-5-10/h1-9,15H,(H,14,16). The maximum Gasteiger partial charge on any atom is 0.283 e. The largest absolute Gasteiger partial charge is 0.508 e. The Bertz CT molecular complexity index is 494. The fourth-order valence-corrected chi connectivity index (χ4v) is 1.27. The number of carbonyl (C=O) groups is 1. The zero-order valence-electron chi connectivity index (χ0n) is 8.96. The molecule has 4 heteroatoms. The van der Waals surface area contributed by atoms with Crippen LogP contribution >= 0.6 is 0 Å². The number of hydroxylamine groups is 1. The molecule has 86 valence electrons. The zero-order valence-corrected chi connectivity index (χ0v) is 8.96. The first kappa shape index (κ1) is 11.0. The number of rotatable bonds is 3. The first-order chi connectivity index (χ1) is 8.25. The molecule has 0 fully saturated rings. The summed E-state index contributed by atoms with van der Waals surface area (Å²) >= 11 is 0. The van der Waals surface area contributed by atoms with Crippen LogP contribution in [0.4, 0.5) is 0 Å². The number of hydrogen-bond acceptors (Lipinski definition) is 3. The second-order valence-electron chi connectivity index (χ2n) is 3.39. The number of carbonyl (C=O) groups excluding carboxylic acids is 1. The van der Waals surface area contributed by atoms with Gasteiger partial charge in [0.25, 0.3) is 5.91 Å². The molecular formula is C13H11NO3. The Morgan fingerprint density at radius 3 is 2.29 bits per heavy atom. The SMILES string of the molecule is O=C(NOc1ccc(O)cc1)c1ccccc1. The van der Waals surface area contributed by atoms with E-state index in [4.69, 9.17) is 9.94 Å². The molecule has 2 aromatic carbocycles. The minimum atomic E-state index is -0.321. The summed E-state index contributed by atoms with van der Waals surface area (Å²) in [5.74, 6) is 0.275. The van der Waals surface area contributed by atoms with Crippen LogP contribution in [0.2, 0.25) is 0 Å². The number of aromatic hydroxyl groups is 1. The van der Waals surface area contributed by atoms with Crippen LogP contribution in [0.25, 0.3) is 0 Å². The summed E-state index contributed by atoms with van der Waals surface area (Å²) in [5, 5.41) is 9.07. The molecule has 0 aromatic heterocycles. The highest BCUT2D eigenvalue weighted by atomic mass is 16.7. The first-order valence-electron chi connectivity index (χ1n) is 5.07. The van der Waals surface area contributed by atoms with Crippen LogP contribution in [0.5, 0.6) is 11.5 Å². The molecule has 0 unspecified atom stereocenters. The minimum absolute atomic E-state index is 0.145. The van der Waals surface area contributed by atoms with Gasteiger partial charge in [-0.1, -0.05) is 18.2 Å². The third-order valence-electron chi connectivity index (χ3n) is 2.13. The lowest BCUT2D eigenvalue weighted by molar-refractivity contribution is 0.0760. The summed E-state index contributed by atoms with van der Waals surface area (Å²) < 4.78 is 0. The van der Waals surface area contributed by atoms with Crippen LogP contribution in [0.15, 0.2) is 54.6 Å². The van der Waals surface area contributed by atoms with Gasteiger partial charge in [-0.15, -0.1) is 0 Å². The van der Waals surface area contributed by atoms with Crippen molar-refractivity contribution < 1.29 is 14.7 Å². The van der Waals surface area contributed by atoms with Gasteiger partial charge in [-0.25, -0.2) is 0 Å². The fraction of sp³-hybridized carbons (Fsp3) is 0. The van der Waals surface area contributed by atoms with Crippen molar-refractivity contribution in [3.63, 3.8) is 0 Å². The maximum absolute atomic E-state index is 11.6. The van der Waals surface area contributed by atoms with Crippen LogP contribution in [0.1, 0.15) is 10.4 Å². The lowest BCUT2D eigenvalue weighted by Crippen LogP contribution is -2.26. The Morgan fingerprint density at radius 2 is 1.65 bits per heavy atom. The number of amides is 1. The highest BCUT2D eigenvalue weighted by molar-refractivity contribution is 5.93. The summed E-state index contributed by atoms with van der Waals surface area (Å²) in [7, 11) is 0. The normalized spacial score (nSPS) is 9.65. The molecule has 0 aliphatic rings. The number of nitrogens with one attached hydrogen (secondary N) is 1. The quantitative estimate of drug-likeness (QED) is 0.792. The summed E-state index contributed by atoms with van der Waals surface area (Å²) in [6.45, 7) is 0. The molecule has 0 atom stereocenters. The third kappa shape index (κ3) is 2.98. The van der Waals surface area contributed by atoms with Gasteiger partial charge in [0.15, 0.2) is 5.75 Å². The van der Waals surface area contributed by atoms with E-state index in [0.717, 1.165) is 0 Å².